The minimum atomic E-state index is -1.19. The molecule has 0 aliphatic rings. The molecular weight excluding hydrogens is 294 g/mol. The number of likely N-dealkylation sites (N-methyl/N-ethyl adjacent to an activating group) is 1. The maximum Gasteiger partial charge on any atom is 0.411 e. The van der Waals surface area contributed by atoms with Crippen LogP contribution in [0.3, 0.4) is 0 Å². The molecule has 1 aromatic rings. The Morgan fingerprint density at radius 2 is 1.65 bits per heavy atom. The number of benzene rings is 1. The van der Waals surface area contributed by atoms with Crippen molar-refractivity contribution in [2.24, 2.45) is 0 Å². The first-order valence-corrected chi connectivity index (χ1v) is 7.55. The van der Waals surface area contributed by atoms with E-state index in [9.17, 15) is 9.59 Å². The van der Waals surface area contributed by atoms with E-state index in [1.165, 1.54) is 4.90 Å². The Bertz CT molecular complexity index is 604. The van der Waals surface area contributed by atoms with Gasteiger partial charge in [-0.2, -0.15) is 0 Å². The Kier molecular flexibility index (Phi) is 5.46. The minimum absolute atomic E-state index is 0.563. The number of hydrogen-bond donors (Lipinski definition) is 0. The molecule has 0 aliphatic heterocycles. The summed E-state index contributed by atoms with van der Waals surface area (Å²) in [5.74, 6) is 0.568. The summed E-state index contributed by atoms with van der Waals surface area (Å²) in [7, 11) is 3.10. The molecule has 0 radical (unpaired) electrons. The van der Waals surface area contributed by atoms with Gasteiger partial charge >= 0.3 is 6.09 Å². The first kappa shape index (κ1) is 19.0. The molecule has 0 aromatic heterocycles. The van der Waals surface area contributed by atoms with Crippen molar-refractivity contribution < 1.29 is 19.1 Å². The molecule has 0 saturated heterocycles. The second kappa shape index (κ2) is 6.60. The van der Waals surface area contributed by atoms with Crippen LogP contribution in [0.25, 0.3) is 0 Å². The minimum Gasteiger partial charge on any atom is -0.496 e. The van der Waals surface area contributed by atoms with Gasteiger partial charge in [0.25, 0.3) is 0 Å². The summed E-state index contributed by atoms with van der Waals surface area (Å²) in [6.45, 7) is 11.0. The Labute approximate surface area is 138 Å². The SMILES string of the molecule is COc1cc(C)c(C)cc1C(C)(C=O)N(C)C(=O)OC(C)(C)C. The zero-order valence-electron chi connectivity index (χ0n) is 15.3. The molecule has 0 saturated carbocycles. The summed E-state index contributed by atoms with van der Waals surface area (Å²) in [6, 6.07) is 3.75. The van der Waals surface area contributed by atoms with Crippen LogP contribution in [0.4, 0.5) is 4.79 Å². The van der Waals surface area contributed by atoms with Crippen molar-refractivity contribution in [3.05, 3.63) is 28.8 Å². The molecule has 23 heavy (non-hydrogen) atoms. The highest BCUT2D eigenvalue weighted by Gasteiger charge is 2.39. The normalized spacial score (nSPS) is 13.9. The third kappa shape index (κ3) is 4.03. The van der Waals surface area contributed by atoms with Crippen molar-refractivity contribution in [3.63, 3.8) is 0 Å². The van der Waals surface area contributed by atoms with Crippen LogP contribution in [0.5, 0.6) is 5.75 Å². The highest BCUT2D eigenvalue weighted by atomic mass is 16.6. The maximum absolute atomic E-state index is 12.4. The lowest BCUT2D eigenvalue weighted by Crippen LogP contribution is -2.48. The molecule has 128 valence electrons. The number of aryl methyl sites for hydroxylation is 2. The van der Waals surface area contributed by atoms with E-state index in [-0.39, 0.29) is 0 Å². The third-order valence-corrected chi connectivity index (χ3v) is 3.95. The number of aldehydes is 1. The van der Waals surface area contributed by atoms with E-state index in [1.807, 2.05) is 26.0 Å². The quantitative estimate of drug-likeness (QED) is 0.795. The molecule has 0 bridgehead atoms. The summed E-state index contributed by atoms with van der Waals surface area (Å²) in [4.78, 5) is 25.6. The predicted molar refractivity (Wildman–Crippen MR) is 89.9 cm³/mol. The van der Waals surface area contributed by atoms with Crippen molar-refractivity contribution in [3.8, 4) is 5.75 Å². The van der Waals surface area contributed by atoms with E-state index in [2.05, 4.69) is 0 Å². The number of carbonyl (C=O) groups excluding carboxylic acids is 2. The van der Waals surface area contributed by atoms with Crippen LogP contribution in [-0.4, -0.2) is 37.0 Å². The Balaban J connectivity index is 3.37. The van der Waals surface area contributed by atoms with E-state index in [0.717, 1.165) is 17.4 Å². The van der Waals surface area contributed by atoms with Crippen LogP contribution < -0.4 is 4.74 Å². The zero-order chi connectivity index (χ0) is 18.0. The van der Waals surface area contributed by atoms with Crippen LogP contribution >= 0.6 is 0 Å². The molecular formula is C18H27NO4. The lowest BCUT2D eigenvalue weighted by atomic mass is 9.89. The molecule has 1 unspecified atom stereocenters. The van der Waals surface area contributed by atoms with Crippen LogP contribution in [-0.2, 0) is 15.1 Å². The Morgan fingerprint density at radius 3 is 2.09 bits per heavy atom. The van der Waals surface area contributed by atoms with E-state index >= 15 is 0 Å². The molecule has 0 heterocycles. The topological polar surface area (TPSA) is 55.8 Å². The maximum atomic E-state index is 12.4. The first-order chi connectivity index (χ1) is 10.5. The van der Waals surface area contributed by atoms with Gasteiger partial charge in [-0.3, -0.25) is 4.90 Å². The van der Waals surface area contributed by atoms with E-state index in [0.29, 0.717) is 11.3 Å². The van der Waals surface area contributed by atoms with Crippen molar-refractivity contribution in [2.75, 3.05) is 14.2 Å². The largest absolute Gasteiger partial charge is 0.496 e. The van der Waals surface area contributed by atoms with Gasteiger partial charge in [0.1, 0.15) is 23.2 Å². The molecule has 0 N–H and O–H groups in total. The Hall–Kier alpha value is -2.04. The summed E-state index contributed by atoms with van der Waals surface area (Å²) in [5, 5.41) is 0. The van der Waals surface area contributed by atoms with Crippen molar-refractivity contribution >= 4 is 12.4 Å². The zero-order valence-corrected chi connectivity index (χ0v) is 15.3. The first-order valence-electron chi connectivity index (χ1n) is 7.55. The number of methoxy groups -OCH3 is 1. The second-order valence-corrected chi connectivity index (χ2v) is 6.94. The molecule has 0 spiro atoms. The van der Waals surface area contributed by atoms with Crippen LogP contribution in [0.1, 0.15) is 44.4 Å². The number of nitrogens with zero attached hydrogens (tertiary/aromatic N) is 1. The van der Waals surface area contributed by atoms with Gasteiger partial charge in [0.2, 0.25) is 0 Å². The average Bonchev–Trinajstić information content (AvgIpc) is 2.46. The monoisotopic (exact) mass is 321 g/mol. The smallest absolute Gasteiger partial charge is 0.411 e. The molecule has 5 nitrogen and oxygen atoms in total. The summed E-state index contributed by atoms with van der Waals surface area (Å²) in [5.41, 5.74) is 0.880. The lowest BCUT2D eigenvalue weighted by molar-refractivity contribution is -0.117. The fourth-order valence-corrected chi connectivity index (χ4v) is 2.20. The molecule has 1 amide bonds. The number of ether oxygens (including phenoxy) is 2. The van der Waals surface area contributed by atoms with Crippen molar-refractivity contribution in [1.29, 1.82) is 0 Å². The molecule has 1 rings (SSSR count). The van der Waals surface area contributed by atoms with Gasteiger partial charge in [0.15, 0.2) is 0 Å². The van der Waals surface area contributed by atoms with Gasteiger partial charge in [-0.25, -0.2) is 4.79 Å². The number of rotatable bonds is 4. The number of hydrogen-bond acceptors (Lipinski definition) is 4. The van der Waals surface area contributed by atoms with Crippen LogP contribution in [0, 0.1) is 13.8 Å². The van der Waals surface area contributed by atoms with Gasteiger partial charge < -0.3 is 14.3 Å². The Morgan fingerprint density at radius 1 is 1.13 bits per heavy atom. The van der Waals surface area contributed by atoms with Gasteiger partial charge in [-0.05, 0) is 64.8 Å². The fraction of sp³-hybridized carbons (Fsp3) is 0.556. The number of amides is 1. The molecule has 1 aromatic carbocycles. The molecule has 1 atom stereocenters. The number of carbonyl (C=O) groups is 2. The highest BCUT2D eigenvalue weighted by Crippen LogP contribution is 2.35. The van der Waals surface area contributed by atoms with Gasteiger partial charge in [-0.1, -0.05) is 0 Å². The van der Waals surface area contributed by atoms with E-state index < -0.39 is 17.2 Å². The van der Waals surface area contributed by atoms with Gasteiger partial charge in [0.05, 0.1) is 7.11 Å². The summed E-state index contributed by atoms with van der Waals surface area (Å²) < 4.78 is 10.8. The lowest BCUT2D eigenvalue weighted by Gasteiger charge is -2.36. The second-order valence-electron chi connectivity index (χ2n) is 6.94. The van der Waals surface area contributed by atoms with Crippen molar-refractivity contribution in [1.82, 2.24) is 4.90 Å². The van der Waals surface area contributed by atoms with Crippen LogP contribution in [0.15, 0.2) is 12.1 Å². The summed E-state index contributed by atoms with van der Waals surface area (Å²) in [6.07, 6.45) is 0.177. The van der Waals surface area contributed by atoms with Gasteiger partial charge in [0, 0.05) is 12.6 Å². The highest BCUT2D eigenvalue weighted by molar-refractivity contribution is 5.79. The third-order valence-electron chi connectivity index (χ3n) is 3.95. The standard InChI is InChI=1S/C18H27NO4/c1-12-9-14(15(22-8)10-13(12)2)18(6,11-20)19(7)16(21)23-17(3,4)5/h9-11H,1-8H3. The van der Waals surface area contributed by atoms with Crippen LogP contribution in [0.2, 0.25) is 0 Å². The van der Waals surface area contributed by atoms with Crippen molar-refractivity contribution in [2.45, 2.75) is 52.7 Å². The van der Waals surface area contributed by atoms with Gasteiger partial charge in [-0.15, -0.1) is 0 Å². The average molecular weight is 321 g/mol. The van der Waals surface area contributed by atoms with E-state index in [4.69, 9.17) is 9.47 Å². The fourth-order valence-electron chi connectivity index (χ4n) is 2.20. The summed E-state index contributed by atoms with van der Waals surface area (Å²) >= 11 is 0. The van der Waals surface area contributed by atoms with E-state index in [1.54, 1.807) is 41.9 Å². The molecule has 0 fully saturated rings. The molecule has 5 heteroatoms. The predicted octanol–water partition coefficient (Wildman–Crippen LogP) is 3.59. The molecule has 0 aliphatic carbocycles.